The fraction of sp³-hybridized carbons (Fsp3) is 0.545. The highest BCUT2D eigenvalue weighted by Gasteiger charge is 2.25. The third-order valence-corrected chi connectivity index (χ3v) is 8.07. The van der Waals surface area contributed by atoms with Crippen molar-refractivity contribution in [1.82, 2.24) is 15.0 Å². The average Bonchev–Trinajstić information content (AvgIpc) is 3.45. The molecule has 0 bridgehead atoms. The minimum atomic E-state index is -0.456. The van der Waals surface area contributed by atoms with E-state index in [2.05, 4.69) is 58.3 Å². The number of nitrogens with zero attached hydrogens (tertiary/aromatic N) is 4. The van der Waals surface area contributed by atoms with Crippen LogP contribution in [0.3, 0.4) is 0 Å². The van der Waals surface area contributed by atoms with Gasteiger partial charge in [-0.15, -0.1) is 0 Å². The molecule has 0 aliphatic carbocycles. The van der Waals surface area contributed by atoms with Gasteiger partial charge in [0.05, 0.1) is 13.0 Å². The van der Waals surface area contributed by atoms with E-state index in [1.165, 1.54) is 36.1 Å². The first-order valence-corrected chi connectivity index (χ1v) is 15.0. The van der Waals surface area contributed by atoms with Crippen LogP contribution >= 0.6 is 0 Å². The molecule has 0 unspecified atom stereocenters. The summed E-state index contributed by atoms with van der Waals surface area (Å²) >= 11 is 0. The SMILES string of the molecule is CC[C@H]1CCCCN1c1ccc(-c2nc(-c3ccc4c(c3)CN(CCC(=O)OC(C)(C)C)CC4)no2)cc1COC. The van der Waals surface area contributed by atoms with Crippen molar-refractivity contribution in [2.75, 3.05) is 31.6 Å². The number of ether oxygens (including phenoxy) is 2. The minimum absolute atomic E-state index is 0.154. The second-order valence-corrected chi connectivity index (χ2v) is 12.3. The number of methoxy groups -OCH3 is 1. The van der Waals surface area contributed by atoms with Crippen LogP contribution in [0.15, 0.2) is 40.9 Å². The minimum Gasteiger partial charge on any atom is -0.460 e. The summed E-state index contributed by atoms with van der Waals surface area (Å²) in [5.74, 6) is 0.929. The van der Waals surface area contributed by atoms with Crippen molar-refractivity contribution in [2.24, 2.45) is 0 Å². The quantitative estimate of drug-likeness (QED) is 0.278. The third-order valence-electron chi connectivity index (χ3n) is 8.07. The molecule has 0 N–H and O–H groups in total. The van der Waals surface area contributed by atoms with Gasteiger partial charge in [0.1, 0.15) is 5.60 Å². The van der Waals surface area contributed by atoms with E-state index in [1.807, 2.05) is 20.8 Å². The number of benzene rings is 2. The Morgan fingerprint density at radius 2 is 1.90 bits per heavy atom. The summed E-state index contributed by atoms with van der Waals surface area (Å²) in [6.45, 7) is 12.0. The number of esters is 1. The van der Waals surface area contributed by atoms with E-state index in [9.17, 15) is 4.79 Å². The highest BCUT2D eigenvalue weighted by Crippen LogP contribution is 2.34. The van der Waals surface area contributed by atoms with Crippen LogP contribution < -0.4 is 4.90 Å². The number of anilines is 1. The molecule has 0 radical (unpaired) electrons. The molecule has 41 heavy (non-hydrogen) atoms. The number of aromatic nitrogens is 2. The molecule has 8 nitrogen and oxygen atoms in total. The van der Waals surface area contributed by atoms with Gasteiger partial charge < -0.3 is 18.9 Å². The van der Waals surface area contributed by atoms with E-state index >= 15 is 0 Å². The van der Waals surface area contributed by atoms with E-state index < -0.39 is 5.60 Å². The second-order valence-electron chi connectivity index (χ2n) is 12.3. The van der Waals surface area contributed by atoms with Crippen LogP contribution in [0.25, 0.3) is 22.8 Å². The number of piperidine rings is 1. The van der Waals surface area contributed by atoms with Gasteiger partial charge >= 0.3 is 5.97 Å². The highest BCUT2D eigenvalue weighted by molar-refractivity contribution is 5.70. The molecule has 0 saturated carbocycles. The van der Waals surface area contributed by atoms with Crippen molar-refractivity contribution < 1.29 is 18.8 Å². The number of fused-ring (bicyclic) bond motifs is 1. The molecule has 1 aromatic heterocycles. The van der Waals surface area contributed by atoms with Gasteiger partial charge in [-0.25, -0.2) is 0 Å². The molecule has 1 saturated heterocycles. The first-order valence-electron chi connectivity index (χ1n) is 15.0. The standard InChI is InChI=1S/C33H44N4O4/c1-6-28-9-7-8-16-37(28)29-13-12-25(20-27(29)22-39-5)32-34-31(35-41-32)24-11-10-23-14-17-36(21-26(23)19-24)18-15-30(38)40-33(2,3)4/h10-13,19-20,28H,6-9,14-18,21-22H2,1-5H3/t28-/m0/s1. The van der Waals surface area contributed by atoms with Crippen molar-refractivity contribution in [3.8, 4) is 22.8 Å². The maximum atomic E-state index is 12.2. The van der Waals surface area contributed by atoms with Gasteiger partial charge in [0.25, 0.3) is 5.89 Å². The molecule has 5 rings (SSSR count). The lowest BCUT2D eigenvalue weighted by atomic mass is 9.97. The van der Waals surface area contributed by atoms with Gasteiger partial charge in [-0.1, -0.05) is 24.2 Å². The Hall–Kier alpha value is -3.23. The lowest BCUT2D eigenvalue weighted by molar-refractivity contribution is -0.155. The average molecular weight is 561 g/mol. The number of carbonyl (C=O) groups excluding carboxylic acids is 1. The van der Waals surface area contributed by atoms with Crippen LogP contribution in [0, 0.1) is 0 Å². The van der Waals surface area contributed by atoms with Crippen molar-refractivity contribution in [2.45, 2.75) is 91.0 Å². The Kier molecular flexibility index (Phi) is 9.09. The number of hydrogen-bond acceptors (Lipinski definition) is 8. The van der Waals surface area contributed by atoms with Crippen LogP contribution in [0.4, 0.5) is 5.69 Å². The molecule has 220 valence electrons. The summed E-state index contributed by atoms with van der Waals surface area (Å²) in [7, 11) is 1.74. The Labute approximate surface area is 244 Å². The molecule has 2 aliphatic rings. The summed E-state index contributed by atoms with van der Waals surface area (Å²) in [6.07, 6.45) is 6.24. The lowest BCUT2D eigenvalue weighted by Crippen LogP contribution is -2.39. The predicted octanol–water partition coefficient (Wildman–Crippen LogP) is 6.41. The summed E-state index contributed by atoms with van der Waals surface area (Å²) in [4.78, 5) is 21.8. The van der Waals surface area contributed by atoms with E-state index in [0.717, 1.165) is 49.2 Å². The number of carbonyl (C=O) groups is 1. The summed E-state index contributed by atoms with van der Waals surface area (Å²) in [5, 5.41) is 4.34. The Balaban J connectivity index is 1.30. The summed E-state index contributed by atoms with van der Waals surface area (Å²) in [5.41, 5.74) is 6.33. The van der Waals surface area contributed by atoms with E-state index in [-0.39, 0.29) is 5.97 Å². The van der Waals surface area contributed by atoms with Crippen LogP contribution in [-0.4, -0.2) is 59.4 Å². The molecule has 8 heteroatoms. The largest absolute Gasteiger partial charge is 0.460 e. The zero-order chi connectivity index (χ0) is 29.0. The molecular formula is C33H44N4O4. The maximum absolute atomic E-state index is 12.2. The normalized spacial score (nSPS) is 17.9. The maximum Gasteiger partial charge on any atom is 0.307 e. The molecule has 2 aromatic carbocycles. The second kappa shape index (κ2) is 12.7. The molecule has 0 spiro atoms. The molecule has 1 atom stereocenters. The van der Waals surface area contributed by atoms with Crippen molar-refractivity contribution in [3.63, 3.8) is 0 Å². The molecule has 3 heterocycles. The Morgan fingerprint density at radius 3 is 2.68 bits per heavy atom. The fourth-order valence-electron chi connectivity index (χ4n) is 6.06. The molecular weight excluding hydrogens is 516 g/mol. The van der Waals surface area contributed by atoms with Gasteiger partial charge in [0, 0.05) is 61.7 Å². The third kappa shape index (κ3) is 7.16. The van der Waals surface area contributed by atoms with Crippen molar-refractivity contribution >= 4 is 11.7 Å². The van der Waals surface area contributed by atoms with E-state index in [1.54, 1.807) is 7.11 Å². The fourth-order valence-corrected chi connectivity index (χ4v) is 6.06. The number of hydrogen-bond donors (Lipinski definition) is 0. The molecule has 0 amide bonds. The number of rotatable bonds is 9. The van der Waals surface area contributed by atoms with Crippen molar-refractivity contribution in [3.05, 3.63) is 53.1 Å². The summed E-state index contributed by atoms with van der Waals surface area (Å²) < 4.78 is 16.8. The smallest absolute Gasteiger partial charge is 0.307 e. The van der Waals surface area contributed by atoms with Crippen molar-refractivity contribution in [1.29, 1.82) is 0 Å². The first kappa shape index (κ1) is 29.3. The van der Waals surface area contributed by atoms with Gasteiger partial charge in [-0.3, -0.25) is 9.69 Å². The molecule has 1 fully saturated rings. The molecule has 3 aromatic rings. The van der Waals surface area contributed by atoms with Gasteiger partial charge in [0.2, 0.25) is 5.82 Å². The van der Waals surface area contributed by atoms with Gasteiger partial charge in [-0.2, -0.15) is 4.98 Å². The zero-order valence-corrected chi connectivity index (χ0v) is 25.2. The molecule has 2 aliphatic heterocycles. The Morgan fingerprint density at radius 1 is 1.07 bits per heavy atom. The lowest BCUT2D eigenvalue weighted by Gasteiger charge is -2.38. The van der Waals surface area contributed by atoms with Crippen LogP contribution in [0.2, 0.25) is 0 Å². The van der Waals surface area contributed by atoms with Crippen LogP contribution in [0.1, 0.15) is 76.5 Å². The van der Waals surface area contributed by atoms with Crippen LogP contribution in [0.5, 0.6) is 0 Å². The van der Waals surface area contributed by atoms with Crippen LogP contribution in [-0.2, 0) is 33.8 Å². The Bertz CT molecular complexity index is 1350. The predicted molar refractivity (Wildman–Crippen MR) is 161 cm³/mol. The van der Waals surface area contributed by atoms with Gasteiger partial charge in [-0.05, 0) is 88.3 Å². The topological polar surface area (TPSA) is 80.9 Å². The zero-order valence-electron chi connectivity index (χ0n) is 25.2. The van der Waals surface area contributed by atoms with Gasteiger partial charge in [0.15, 0.2) is 0 Å². The van der Waals surface area contributed by atoms with E-state index in [4.69, 9.17) is 19.0 Å². The highest BCUT2D eigenvalue weighted by atomic mass is 16.6. The monoisotopic (exact) mass is 560 g/mol. The van der Waals surface area contributed by atoms with E-state index in [0.29, 0.717) is 37.3 Å². The first-order chi connectivity index (χ1) is 19.7. The summed E-state index contributed by atoms with van der Waals surface area (Å²) in [6, 6.07) is 13.4.